The van der Waals surface area contributed by atoms with Crippen molar-refractivity contribution in [2.45, 2.75) is 25.4 Å². The number of methoxy groups -OCH3 is 2. The van der Waals surface area contributed by atoms with Crippen molar-refractivity contribution in [3.63, 3.8) is 0 Å². The lowest BCUT2D eigenvalue weighted by atomic mass is 10.1. The number of carbonyl (C=O) groups excluding carboxylic acids is 1. The zero-order chi connectivity index (χ0) is 28.5. The number of imidazole rings is 1. The third-order valence-corrected chi connectivity index (χ3v) is 7.40. The van der Waals surface area contributed by atoms with Crippen LogP contribution in [0.25, 0.3) is 5.65 Å². The molecule has 1 amide bonds. The van der Waals surface area contributed by atoms with Gasteiger partial charge in [-0.25, -0.2) is 13.7 Å². The lowest BCUT2D eigenvalue weighted by Crippen LogP contribution is -2.51. The van der Waals surface area contributed by atoms with Crippen LogP contribution < -0.4 is 15.1 Å². The van der Waals surface area contributed by atoms with E-state index in [4.69, 9.17) is 9.47 Å². The van der Waals surface area contributed by atoms with Gasteiger partial charge in [0.05, 0.1) is 44.9 Å². The number of alkyl halides is 3. The second kappa shape index (κ2) is 10.6. The Labute approximate surface area is 220 Å². The largest absolute Gasteiger partial charge is 0.516 e. The van der Waals surface area contributed by atoms with Crippen molar-refractivity contribution in [1.29, 1.82) is 0 Å². The lowest BCUT2D eigenvalue weighted by Gasteiger charge is -2.32. The fourth-order valence-corrected chi connectivity index (χ4v) is 4.86. The molecule has 0 fully saturated rings. The summed E-state index contributed by atoms with van der Waals surface area (Å²) in [6.07, 6.45) is 2.14. The normalized spacial score (nSPS) is 14.4. The van der Waals surface area contributed by atoms with E-state index in [9.17, 15) is 30.8 Å². The number of benzene rings is 1. The minimum Gasteiger partial charge on any atom is -0.495 e. The Morgan fingerprint density at radius 1 is 1.13 bits per heavy atom. The second-order valence-electron chi connectivity index (χ2n) is 8.26. The molecule has 3 heterocycles. The number of rotatable bonds is 7. The highest BCUT2D eigenvalue weighted by Gasteiger charge is 2.52. The molecule has 11 nitrogen and oxygen atoms in total. The molecule has 1 N–H and O–H groups in total. The number of aromatic nitrogens is 2. The molecule has 0 atom stereocenters. The first kappa shape index (κ1) is 27.9. The number of amidine groups is 1. The quantitative estimate of drug-likeness (QED) is 0.433. The number of hydrogen-bond donors (Lipinski definition) is 1. The van der Waals surface area contributed by atoms with Gasteiger partial charge in [-0.05, 0) is 36.2 Å². The Morgan fingerprint density at radius 3 is 2.49 bits per heavy atom. The third-order valence-electron chi connectivity index (χ3n) is 5.89. The summed E-state index contributed by atoms with van der Waals surface area (Å²) in [7, 11) is -3.28. The van der Waals surface area contributed by atoms with E-state index in [0.29, 0.717) is 34.8 Å². The van der Waals surface area contributed by atoms with Crippen molar-refractivity contribution in [2.24, 2.45) is 5.10 Å². The number of pyridine rings is 1. The molecule has 39 heavy (non-hydrogen) atoms. The Balaban J connectivity index is 1.52. The van der Waals surface area contributed by atoms with Crippen molar-refractivity contribution in [2.75, 3.05) is 32.3 Å². The van der Waals surface area contributed by atoms with Gasteiger partial charge in [-0.1, -0.05) is 13.0 Å². The van der Waals surface area contributed by atoms with Gasteiger partial charge in [0.2, 0.25) is 0 Å². The molecule has 0 saturated carbocycles. The summed E-state index contributed by atoms with van der Waals surface area (Å²) in [4.78, 5) is 17.5. The van der Waals surface area contributed by atoms with Crippen LogP contribution in [-0.4, -0.2) is 66.9 Å². The fourth-order valence-electron chi connectivity index (χ4n) is 3.97. The maximum absolute atomic E-state index is 15.0. The smallest absolute Gasteiger partial charge is 0.495 e. The van der Waals surface area contributed by atoms with Crippen LogP contribution in [0.2, 0.25) is 0 Å². The molecule has 16 heteroatoms. The van der Waals surface area contributed by atoms with Gasteiger partial charge in [-0.3, -0.25) is 14.2 Å². The summed E-state index contributed by atoms with van der Waals surface area (Å²) >= 11 is 0. The van der Waals surface area contributed by atoms with Crippen molar-refractivity contribution in [1.82, 2.24) is 19.0 Å². The molecule has 2 aromatic heterocycles. The number of anilines is 1. The van der Waals surface area contributed by atoms with Crippen LogP contribution in [0.4, 0.5) is 23.2 Å². The second-order valence-corrected chi connectivity index (χ2v) is 10.1. The summed E-state index contributed by atoms with van der Waals surface area (Å²) < 4.78 is 89.0. The van der Waals surface area contributed by atoms with E-state index in [1.165, 1.54) is 19.2 Å². The van der Waals surface area contributed by atoms with Gasteiger partial charge in [-0.2, -0.15) is 21.6 Å². The number of aryl methyl sites for hydroxylation is 1. The van der Waals surface area contributed by atoms with E-state index >= 15 is 0 Å². The average molecular weight is 573 g/mol. The number of fused-ring (bicyclic) bond motifs is 1. The highest BCUT2D eigenvalue weighted by atomic mass is 32.2. The van der Waals surface area contributed by atoms with Gasteiger partial charge < -0.3 is 14.8 Å². The first-order valence-corrected chi connectivity index (χ1v) is 13.0. The van der Waals surface area contributed by atoms with Crippen molar-refractivity contribution < 1.29 is 40.2 Å². The number of nitrogens with one attached hydrogen (secondary N) is 1. The number of ether oxygens (including phenoxy) is 2. The summed E-state index contributed by atoms with van der Waals surface area (Å²) in [5, 5.41) is 7.47. The molecule has 210 valence electrons. The molecule has 0 radical (unpaired) electrons. The van der Waals surface area contributed by atoms with E-state index in [-0.39, 0.29) is 23.1 Å². The SMILES string of the molecule is CCc1nc2ccc(OC)cn2c1C(=O)NCc1ccc(N2CCN(S(=O)(=O)C(F)(F)F)C(OC)=N2)c(F)c1. The highest BCUT2D eigenvalue weighted by molar-refractivity contribution is 7.90. The Bertz CT molecular complexity index is 1540. The van der Waals surface area contributed by atoms with Crippen molar-refractivity contribution in [3.8, 4) is 5.75 Å². The molecule has 1 aliphatic rings. The maximum Gasteiger partial charge on any atom is 0.516 e. The van der Waals surface area contributed by atoms with Crippen LogP contribution in [0.1, 0.15) is 28.7 Å². The molecule has 1 aromatic carbocycles. The molecule has 0 saturated heterocycles. The fraction of sp³-hybridized carbons (Fsp3) is 0.348. The summed E-state index contributed by atoms with van der Waals surface area (Å²) in [6, 6.07) is 6.54. The van der Waals surface area contributed by atoms with Crippen LogP contribution >= 0.6 is 0 Å². The van der Waals surface area contributed by atoms with E-state index in [0.717, 1.165) is 18.2 Å². The number of nitrogens with zero attached hydrogens (tertiary/aromatic N) is 5. The summed E-state index contributed by atoms with van der Waals surface area (Å²) in [5.74, 6) is -0.694. The van der Waals surface area contributed by atoms with Crippen LogP contribution in [0.5, 0.6) is 5.75 Å². The van der Waals surface area contributed by atoms with Crippen molar-refractivity contribution in [3.05, 3.63) is 59.3 Å². The zero-order valence-corrected chi connectivity index (χ0v) is 21.8. The van der Waals surface area contributed by atoms with Crippen LogP contribution in [0.15, 0.2) is 41.6 Å². The number of carbonyl (C=O) groups is 1. The number of amides is 1. The minimum absolute atomic E-state index is 0.0222. The molecule has 0 spiro atoms. The Morgan fingerprint density at radius 2 is 1.87 bits per heavy atom. The van der Waals surface area contributed by atoms with Crippen LogP contribution in [0, 0.1) is 5.82 Å². The predicted molar refractivity (Wildman–Crippen MR) is 132 cm³/mol. The Hall–Kier alpha value is -4.08. The molecule has 4 rings (SSSR count). The van der Waals surface area contributed by atoms with Gasteiger partial charge in [0.1, 0.15) is 22.9 Å². The van der Waals surface area contributed by atoms with Gasteiger partial charge in [0.25, 0.3) is 5.91 Å². The summed E-state index contributed by atoms with van der Waals surface area (Å²) in [5.41, 5.74) is -3.84. The standard InChI is InChI=1S/C23H24F4N6O5S/c1-4-17-20(31-13-15(37-2)6-8-19(31)29-17)21(34)28-12-14-5-7-18(16(24)11-14)32-9-10-33(22(30-32)38-3)39(35,36)23(25,26)27/h5-8,11,13H,4,9-10,12H2,1-3H3,(H,28,34). The van der Waals surface area contributed by atoms with Crippen molar-refractivity contribution >= 4 is 33.3 Å². The minimum atomic E-state index is -5.74. The van der Waals surface area contributed by atoms with E-state index in [1.807, 2.05) is 6.92 Å². The molecule has 1 aliphatic heterocycles. The third kappa shape index (κ3) is 5.28. The molecule has 0 aliphatic carbocycles. The topological polar surface area (TPSA) is 118 Å². The Kier molecular flexibility index (Phi) is 7.59. The number of hydrogen-bond acceptors (Lipinski definition) is 8. The predicted octanol–water partition coefficient (Wildman–Crippen LogP) is 2.86. The lowest BCUT2D eigenvalue weighted by molar-refractivity contribution is -0.0477. The molecule has 3 aromatic rings. The van der Waals surface area contributed by atoms with E-state index < -0.39 is 39.8 Å². The molecule has 0 unspecified atom stereocenters. The van der Waals surface area contributed by atoms with Gasteiger partial charge >= 0.3 is 21.6 Å². The van der Waals surface area contributed by atoms with Crippen LogP contribution in [0.3, 0.4) is 0 Å². The van der Waals surface area contributed by atoms with Gasteiger partial charge in [0, 0.05) is 6.54 Å². The first-order valence-electron chi connectivity index (χ1n) is 11.5. The average Bonchev–Trinajstić information content (AvgIpc) is 3.28. The molecular weight excluding hydrogens is 548 g/mol. The summed E-state index contributed by atoms with van der Waals surface area (Å²) in [6.45, 7) is 0.780. The van der Waals surface area contributed by atoms with Gasteiger partial charge in [-0.15, -0.1) is 5.10 Å². The highest BCUT2D eigenvalue weighted by Crippen LogP contribution is 2.30. The van der Waals surface area contributed by atoms with Gasteiger partial charge in [0.15, 0.2) is 0 Å². The number of halogens is 4. The maximum atomic E-state index is 15.0. The van der Waals surface area contributed by atoms with E-state index in [2.05, 4.69) is 15.4 Å². The molecular formula is C23H24F4N6O5S. The molecule has 0 bridgehead atoms. The zero-order valence-electron chi connectivity index (χ0n) is 21.0. The van der Waals surface area contributed by atoms with E-state index in [1.54, 1.807) is 22.7 Å². The monoisotopic (exact) mass is 572 g/mol. The number of hydrazone groups is 1. The number of sulfonamides is 1. The van der Waals surface area contributed by atoms with Crippen LogP contribution in [-0.2, 0) is 27.7 Å². The first-order chi connectivity index (χ1) is 18.4.